The Morgan fingerprint density at radius 3 is 2.27 bits per heavy atom. The number of hydrogen-bond acceptors (Lipinski definition) is 4. The molecule has 2 N–H and O–H groups in total. The molecule has 0 unspecified atom stereocenters. The van der Waals surface area contributed by atoms with Crippen LogP contribution in [0.5, 0.6) is 0 Å². The van der Waals surface area contributed by atoms with Crippen molar-refractivity contribution in [2.75, 3.05) is 0 Å². The van der Waals surface area contributed by atoms with Crippen LogP contribution in [-0.4, -0.2) is 22.0 Å². The normalized spacial score (nSPS) is 11.2. The van der Waals surface area contributed by atoms with Gasteiger partial charge in [0.1, 0.15) is 5.01 Å². The number of aromatic carboxylic acids is 1. The van der Waals surface area contributed by atoms with Crippen LogP contribution in [-0.2, 0) is 5.54 Å². The van der Waals surface area contributed by atoms with Crippen molar-refractivity contribution in [2.45, 2.75) is 19.4 Å². The highest BCUT2D eigenvalue weighted by Crippen LogP contribution is 2.29. The average Bonchev–Trinajstić information content (AvgIpc) is 3.13. The maximum absolute atomic E-state index is 12.4. The molecule has 132 valence electrons. The van der Waals surface area contributed by atoms with Crippen LogP contribution in [0.1, 0.15) is 40.3 Å². The molecule has 0 aliphatic rings. The average molecular weight is 366 g/mol. The Morgan fingerprint density at radius 2 is 1.65 bits per heavy atom. The van der Waals surface area contributed by atoms with Crippen LogP contribution in [0, 0.1) is 0 Å². The molecule has 0 atom stereocenters. The second-order valence-corrected chi connectivity index (χ2v) is 7.22. The molecule has 0 saturated heterocycles. The minimum atomic E-state index is -0.957. The first-order chi connectivity index (χ1) is 12.4. The number of carbonyl (C=O) groups excluding carboxylic acids is 1. The molecule has 1 aromatic heterocycles. The van der Waals surface area contributed by atoms with Gasteiger partial charge in [0.05, 0.1) is 16.8 Å². The van der Waals surface area contributed by atoms with Gasteiger partial charge in [-0.1, -0.05) is 30.3 Å². The van der Waals surface area contributed by atoms with E-state index < -0.39 is 11.5 Å². The summed E-state index contributed by atoms with van der Waals surface area (Å²) in [6, 6.07) is 15.6. The van der Waals surface area contributed by atoms with Crippen LogP contribution in [0.3, 0.4) is 0 Å². The number of hydrogen-bond donors (Lipinski definition) is 2. The summed E-state index contributed by atoms with van der Waals surface area (Å²) >= 11 is 1.46. The third-order valence-electron chi connectivity index (χ3n) is 3.99. The number of nitrogens with one attached hydrogen (secondary N) is 1. The molecule has 0 radical (unpaired) electrons. The molecular formula is C20H18N2O3S. The maximum atomic E-state index is 12.4. The zero-order valence-electron chi connectivity index (χ0n) is 14.4. The molecule has 0 spiro atoms. The number of carboxylic acids is 1. The summed E-state index contributed by atoms with van der Waals surface area (Å²) in [5.41, 5.74) is 1.80. The summed E-state index contributed by atoms with van der Waals surface area (Å²) in [4.78, 5) is 28.0. The number of thiazole rings is 1. The van der Waals surface area contributed by atoms with E-state index in [-0.39, 0.29) is 11.5 Å². The second kappa shape index (κ2) is 7.09. The highest BCUT2D eigenvalue weighted by molar-refractivity contribution is 7.13. The topological polar surface area (TPSA) is 79.3 Å². The van der Waals surface area contributed by atoms with E-state index >= 15 is 0 Å². The zero-order valence-corrected chi connectivity index (χ0v) is 15.2. The Kier molecular flexibility index (Phi) is 4.86. The summed E-state index contributed by atoms with van der Waals surface area (Å²) in [5.74, 6) is -1.11. The number of carboxylic acid groups (broad SMARTS) is 1. The molecule has 26 heavy (non-hydrogen) atoms. The van der Waals surface area contributed by atoms with Crippen LogP contribution in [0.2, 0.25) is 0 Å². The van der Waals surface area contributed by atoms with Crippen LogP contribution in [0.15, 0.2) is 60.0 Å². The monoisotopic (exact) mass is 366 g/mol. The number of amides is 1. The number of nitrogens with zero attached hydrogens (tertiary/aromatic N) is 1. The smallest absolute Gasteiger partial charge is 0.335 e. The van der Waals surface area contributed by atoms with E-state index in [1.165, 1.54) is 11.3 Å². The molecule has 3 rings (SSSR count). The van der Waals surface area contributed by atoms with Gasteiger partial charge < -0.3 is 10.4 Å². The fraction of sp³-hybridized carbons (Fsp3) is 0.150. The van der Waals surface area contributed by atoms with E-state index in [2.05, 4.69) is 10.3 Å². The number of benzene rings is 2. The third kappa shape index (κ3) is 3.81. The van der Waals surface area contributed by atoms with E-state index in [1.807, 2.05) is 37.4 Å². The van der Waals surface area contributed by atoms with Gasteiger partial charge in [-0.2, -0.15) is 0 Å². The van der Waals surface area contributed by atoms with Gasteiger partial charge in [0.25, 0.3) is 5.91 Å². The van der Waals surface area contributed by atoms with Crippen molar-refractivity contribution < 1.29 is 14.7 Å². The fourth-order valence-electron chi connectivity index (χ4n) is 2.46. The van der Waals surface area contributed by atoms with Gasteiger partial charge in [0.15, 0.2) is 0 Å². The Hall–Kier alpha value is -2.99. The zero-order chi connectivity index (χ0) is 18.7. The molecule has 0 bridgehead atoms. The highest BCUT2D eigenvalue weighted by atomic mass is 32.1. The third-order valence-corrected chi connectivity index (χ3v) is 4.88. The van der Waals surface area contributed by atoms with E-state index in [4.69, 9.17) is 5.11 Å². The lowest BCUT2D eigenvalue weighted by Gasteiger charge is -2.24. The molecule has 0 aliphatic heterocycles. The van der Waals surface area contributed by atoms with Crippen molar-refractivity contribution in [1.82, 2.24) is 10.3 Å². The molecule has 5 nitrogen and oxygen atoms in total. The number of carbonyl (C=O) groups is 2. The maximum Gasteiger partial charge on any atom is 0.335 e. The Labute approximate surface area is 155 Å². The largest absolute Gasteiger partial charge is 0.478 e. The number of aromatic nitrogens is 1. The minimum Gasteiger partial charge on any atom is -0.478 e. The highest BCUT2D eigenvalue weighted by Gasteiger charge is 2.26. The molecule has 0 saturated carbocycles. The lowest BCUT2D eigenvalue weighted by Crippen LogP contribution is -2.41. The predicted octanol–water partition coefficient (Wildman–Crippen LogP) is 4.17. The van der Waals surface area contributed by atoms with Crippen LogP contribution < -0.4 is 5.32 Å². The molecule has 1 heterocycles. The Morgan fingerprint density at radius 1 is 1.00 bits per heavy atom. The van der Waals surface area contributed by atoms with Gasteiger partial charge in [-0.15, -0.1) is 11.3 Å². The minimum absolute atomic E-state index is 0.157. The lowest BCUT2D eigenvalue weighted by atomic mass is 10.0. The SMILES string of the molecule is CC(C)(NC(=O)c1ccccc1)c1csc(-c2ccc(C(=O)O)cc2)n1. The first kappa shape index (κ1) is 17.8. The molecule has 6 heteroatoms. The van der Waals surface area contributed by atoms with Crippen molar-refractivity contribution >= 4 is 23.2 Å². The lowest BCUT2D eigenvalue weighted by molar-refractivity contribution is 0.0696. The summed E-state index contributed by atoms with van der Waals surface area (Å²) < 4.78 is 0. The van der Waals surface area contributed by atoms with E-state index in [0.717, 1.165) is 16.3 Å². The first-order valence-electron chi connectivity index (χ1n) is 8.04. The predicted molar refractivity (Wildman–Crippen MR) is 101 cm³/mol. The van der Waals surface area contributed by atoms with Gasteiger partial charge in [-0.05, 0) is 38.1 Å². The van der Waals surface area contributed by atoms with Gasteiger partial charge in [-0.25, -0.2) is 9.78 Å². The van der Waals surface area contributed by atoms with Gasteiger partial charge in [-0.3, -0.25) is 4.79 Å². The van der Waals surface area contributed by atoms with Crippen molar-refractivity contribution in [3.05, 3.63) is 76.8 Å². The fourth-order valence-corrected chi connectivity index (χ4v) is 3.45. The second-order valence-electron chi connectivity index (χ2n) is 6.37. The van der Waals surface area contributed by atoms with Crippen molar-refractivity contribution in [2.24, 2.45) is 0 Å². The summed E-state index contributed by atoms with van der Waals surface area (Å²) in [7, 11) is 0. The van der Waals surface area contributed by atoms with Crippen molar-refractivity contribution in [3.8, 4) is 10.6 Å². The molecular weight excluding hydrogens is 348 g/mol. The van der Waals surface area contributed by atoms with Crippen LogP contribution >= 0.6 is 11.3 Å². The summed E-state index contributed by atoms with van der Waals surface area (Å²) in [6.45, 7) is 3.81. The summed E-state index contributed by atoms with van der Waals surface area (Å²) in [6.07, 6.45) is 0. The number of rotatable bonds is 5. The molecule has 0 aliphatic carbocycles. The van der Waals surface area contributed by atoms with Gasteiger partial charge in [0.2, 0.25) is 0 Å². The summed E-state index contributed by atoms with van der Waals surface area (Å²) in [5, 5.41) is 14.7. The molecule has 3 aromatic rings. The Balaban J connectivity index is 1.79. The van der Waals surface area contributed by atoms with Gasteiger partial charge >= 0.3 is 5.97 Å². The first-order valence-corrected chi connectivity index (χ1v) is 8.92. The van der Waals surface area contributed by atoms with E-state index in [1.54, 1.807) is 36.4 Å². The van der Waals surface area contributed by atoms with Gasteiger partial charge in [0, 0.05) is 16.5 Å². The molecule has 1 amide bonds. The molecule has 0 fully saturated rings. The molecule has 2 aromatic carbocycles. The van der Waals surface area contributed by atoms with E-state index in [9.17, 15) is 9.59 Å². The van der Waals surface area contributed by atoms with Crippen LogP contribution in [0.25, 0.3) is 10.6 Å². The Bertz CT molecular complexity index is 931. The standard InChI is InChI=1S/C20H18N2O3S/c1-20(2,22-17(23)13-6-4-3-5-7-13)16-12-26-18(21-16)14-8-10-15(11-9-14)19(24)25/h3-12H,1-2H3,(H,22,23)(H,24,25). The quantitative estimate of drug-likeness (QED) is 0.710. The van der Waals surface area contributed by atoms with Crippen molar-refractivity contribution in [3.63, 3.8) is 0 Å². The van der Waals surface area contributed by atoms with Crippen LogP contribution in [0.4, 0.5) is 0 Å². The van der Waals surface area contributed by atoms with E-state index in [0.29, 0.717) is 5.56 Å². The van der Waals surface area contributed by atoms with Crippen molar-refractivity contribution in [1.29, 1.82) is 0 Å².